The predicted molar refractivity (Wildman–Crippen MR) is 202 cm³/mol. The van der Waals surface area contributed by atoms with E-state index in [1.165, 1.54) is 10.9 Å². The third kappa shape index (κ3) is 4.26. The number of rotatable bonds is 4. The van der Waals surface area contributed by atoms with Crippen molar-refractivity contribution in [3.63, 3.8) is 0 Å². The molecule has 0 saturated heterocycles. The van der Waals surface area contributed by atoms with Crippen molar-refractivity contribution in [1.82, 2.24) is 19.5 Å². The van der Waals surface area contributed by atoms with Crippen LogP contribution in [0, 0.1) is 0 Å². The molecule has 0 N–H and O–H groups in total. The van der Waals surface area contributed by atoms with Crippen LogP contribution in [0.1, 0.15) is 28.8 Å². The summed E-state index contributed by atoms with van der Waals surface area (Å²) in [4.78, 5) is 15.2. The lowest BCUT2D eigenvalue weighted by Crippen LogP contribution is -2.13. The third-order valence-electron chi connectivity index (χ3n) is 10.2. The zero-order valence-corrected chi connectivity index (χ0v) is 27.3. The Morgan fingerprint density at radius 2 is 1.25 bits per heavy atom. The normalized spacial score (nSPS) is 15.9. The van der Waals surface area contributed by atoms with E-state index in [0.717, 1.165) is 66.8 Å². The van der Waals surface area contributed by atoms with Gasteiger partial charge in [-0.1, -0.05) is 109 Å². The molecule has 51 heavy (non-hydrogen) atoms. The Kier molecular flexibility index (Phi) is 5.98. The second-order valence-corrected chi connectivity index (χ2v) is 13.1. The van der Waals surface area contributed by atoms with E-state index in [-0.39, 0.29) is 12.0 Å². The van der Waals surface area contributed by atoms with Gasteiger partial charge in [-0.05, 0) is 48.5 Å². The quantitative estimate of drug-likeness (QED) is 0.189. The van der Waals surface area contributed by atoms with Crippen LogP contribution < -0.4 is 4.74 Å². The zero-order chi connectivity index (χ0) is 33.5. The molecule has 2 unspecified atom stereocenters. The van der Waals surface area contributed by atoms with Crippen LogP contribution in [0.5, 0.6) is 5.75 Å². The highest BCUT2D eigenvalue weighted by molar-refractivity contribution is 6.05. The van der Waals surface area contributed by atoms with Crippen molar-refractivity contribution in [1.29, 1.82) is 0 Å². The SMILES string of the molecule is C1=CC2c3cccc(-c4nc(-c5ccccc5)nc(-c5ccc6c(c5)oc5ccccc56)n4)c3OC2c2c1n(-c1ccccc1)c1ccccc21. The second kappa shape index (κ2) is 10.9. The Hall–Kier alpha value is -6.79. The van der Waals surface area contributed by atoms with Gasteiger partial charge in [0.05, 0.1) is 16.8 Å². The first kappa shape index (κ1) is 28.1. The highest BCUT2D eigenvalue weighted by Crippen LogP contribution is 2.55. The van der Waals surface area contributed by atoms with E-state index in [1.807, 2.05) is 54.6 Å². The lowest BCUT2D eigenvalue weighted by Gasteiger charge is -2.22. The lowest BCUT2D eigenvalue weighted by atomic mass is 9.85. The summed E-state index contributed by atoms with van der Waals surface area (Å²) in [6.45, 7) is 0. The Bertz CT molecular complexity index is 2850. The average Bonchev–Trinajstić information content (AvgIpc) is 3.87. The van der Waals surface area contributed by atoms with E-state index in [0.29, 0.717) is 17.5 Å². The van der Waals surface area contributed by atoms with Gasteiger partial charge >= 0.3 is 0 Å². The van der Waals surface area contributed by atoms with Gasteiger partial charge < -0.3 is 13.7 Å². The summed E-state index contributed by atoms with van der Waals surface area (Å²) in [5.41, 5.74) is 10.0. The molecule has 6 heteroatoms. The maximum absolute atomic E-state index is 7.08. The fourth-order valence-electron chi connectivity index (χ4n) is 7.94. The summed E-state index contributed by atoms with van der Waals surface area (Å²) >= 11 is 0. The minimum Gasteiger partial charge on any atom is -0.484 e. The van der Waals surface area contributed by atoms with Crippen molar-refractivity contribution in [2.45, 2.75) is 12.0 Å². The predicted octanol–water partition coefficient (Wildman–Crippen LogP) is 11.0. The molecule has 0 radical (unpaired) electrons. The number of nitrogens with zero attached hydrogens (tertiary/aromatic N) is 4. The molecular weight excluding hydrogens is 629 g/mol. The lowest BCUT2D eigenvalue weighted by molar-refractivity contribution is 0.225. The van der Waals surface area contributed by atoms with E-state index in [9.17, 15) is 0 Å². The molecule has 0 bridgehead atoms. The topological polar surface area (TPSA) is 66.0 Å². The van der Waals surface area contributed by atoms with Gasteiger partial charge in [-0.3, -0.25) is 0 Å². The maximum Gasteiger partial charge on any atom is 0.167 e. The van der Waals surface area contributed by atoms with Gasteiger partial charge in [-0.2, -0.15) is 0 Å². The summed E-state index contributed by atoms with van der Waals surface area (Å²) in [6, 6.07) is 49.8. The molecule has 2 aliphatic rings. The van der Waals surface area contributed by atoms with Crippen molar-refractivity contribution in [3.8, 4) is 45.6 Å². The van der Waals surface area contributed by atoms with Gasteiger partial charge in [-0.15, -0.1) is 0 Å². The highest BCUT2D eigenvalue weighted by atomic mass is 16.5. The van der Waals surface area contributed by atoms with E-state index in [1.54, 1.807) is 0 Å². The smallest absolute Gasteiger partial charge is 0.167 e. The number of aromatic nitrogens is 4. The van der Waals surface area contributed by atoms with Gasteiger partial charge in [0.2, 0.25) is 0 Å². The average molecular weight is 657 g/mol. The molecule has 3 aromatic heterocycles. The minimum atomic E-state index is -0.193. The Labute approximate surface area is 293 Å². The summed E-state index contributed by atoms with van der Waals surface area (Å²) in [7, 11) is 0. The third-order valence-corrected chi connectivity index (χ3v) is 10.2. The number of furan rings is 1. The van der Waals surface area contributed by atoms with E-state index in [4.69, 9.17) is 24.1 Å². The summed E-state index contributed by atoms with van der Waals surface area (Å²) < 4.78 is 15.7. The van der Waals surface area contributed by atoms with Gasteiger partial charge in [0.25, 0.3) is 0 Å². The summed E-state index contributed by atoms with van der Waals surface area (Å²) in [5, 5.41) is 3.34. The second-order valence-electron chi connectivity index (χ2n) is 13.1. The first-order valence-corrected chi connectivity index (χ1v) is 17.2. The molecule has 0 amide bonds. The first-order chi connectivity index (χ1) is 25.3. The van der Waals surface area contributed by atoms with Crippen LogP contribution in [-0.2, 0) is 0 Å². The number of ether oxygens (including phenoxy) is 1. The Morgan fingerprint density at radius 1 is 0.549 bits per heavy atom. The molecule has 0 saturated carbocycles. The molecule has 4 heterocycles. The van der Waals surface area contributed by atoms with Crippen molar-refractivity contribution in [3.05, 3.63) is 168 Å². The molecule has 6 nitrogen and oxygen atoms in total. The molecule has 11 rings (SSSR count). The van der Waals surface area contributed by atoms with Crippen molar-refractivity contribution in [2.24, 2.45) is 0 Å². The molecule has 1 aliphatic heterocycles. The largest absolute Gasteiger partial charge is 0.484 e. The maximum atomic E-state index is 7.08. The van der Waals surface area contributed by atoms with Crippen molar-refractivity contribution < 1.29 is 9.15 Å². The molecular formula is C45H28N4O2. The Morgan fingerprint density at radius 3 is 2.12 bits per heavy atom. The highest BCUT2D eigenvalue weighted by Gasteiger charge is 2.41. The van der Waals surface area contributed by atoms with Crippen LogP contribution in [0.2, 0.25) is 0 Å². The molecule has 0 spiro atoms. The van der Waals surface area contributed by atoms with Crippen LogP contribution in [0.25, 0.3) is 78.8 Å². The number of benzene rings is 6. The molecule has 9 aromatic rings. The van der Waals surface area contributed by atoms with Crippen LogP contribution in [0.3, 0.4) is 0 Å². The van der Waals surface area contributed by atoms with Crippen LogP contribution in [0.15, 0.2) is 156 Å². The van der Waals surface area contributed by atoms with Crippen molar-refractivity contribution >= 4 is 38.9 Å². The monoisotopic (exact) mass is 656 g/mol. The van der Waals surface area contributed by atoms with Gasteiger partial charge in [-0.25, -0.2) is 15.0 Å². The van der Waals surface area contributed by atoms with Crippen LogP contribution >= 0.6 is 0 Å². The molecule has 6 aromatic carbocycles. The number of hydrogen-bond acceptors (Lipinski definition) is 5. The minimum absolute atomic E-state index is 0.0490. The Balaban J connectivity index is 1.07. The van der Waals surface area contributed by atoms with E-state index in [2.05, 4.69) is 108 Å². The fourth-order valence-corrected chi connectivity index (χ4v) is 7.94. The first-order valence-electron chi connectivity index (χ1n) is 17.2. The van der Waals surface area contributed by atoms with Gasteiger partial charge in [0.1, 0.15) is 23.0 Å². The molecule has 240 valence electrons. The summed E-state index contributed by atoms with van der Waals surface area (Å²) in [6.07, 6.45) is 4.36. The number of hydrogen-bond donors (Lipinski definition) is 0. The van der Waals surface area contributed by atoms with Crippen LogP contribution in [0.4, 0.5) is 0 Å². The number of para-hydroxylation sites is 4. The zero-order valence-electron chi connectivity index (χ0n) is 27.3. The fraction of sp³-hybridized carbons (Fsp3) is 0.0444. The van der Waals surface area contributed by atoms with Gasteiger partial charge in [0.15, 0.2) is 17.5 Å². The molecule has 2 atom stereocenters. The van der Waals surface area contributed by atoms with Gasteiger partial charge in [0, 0.05) is 50.0 Å². The van der Waals surface area contributed by atoms with Crippen molar-refractivity contribution in [2.75, 3.05) is 0 Å². The van der Waals surface area contributed by atoms with Crippen LogP contribution in [-0.4, -0.2) is 19.5 Å². The molecule has 0 fully saturated rings. The van der Waals surface area contributed by atoms with E-state index < -0.39 is 0 Å². The summed E-state index contributed by atoms with van der Waals surface area (Å²) in [5.74, 6) is 2.59. The standard InChI is InChI=1S/C45H28N4O2/c1-3-12-27(13-4-1)43-46-44(28-22-23-31-30-16-8-10-21-38(30)50-39(31)26-28)48-45(47-43)35-19-11-18-32-33-24-25-37-40(42(33)51-41(32)35)34-17-7-9-20-36(34)49(37)29-14-5-2-6-15-29/h1-26,33,42H. The van der Waals surface area contributed by atoms with E-state index >= 15 is 0 Å². The number of fused-ring (bicyclic) bond motifs is 10. The molecule has 1 aliphatic carbocycles.